The van der Waals surface area contributed by atoms with Gasteiger partial charge in [-0.3, -0.25) is 4.79 Å². The van der Waals surface area contributed by atoms with Crippen LogP contribution in [0.5, 0.6) is 0 Å². The Labute approximate surface area is 117 Å². The molecule has 0 radical (unpaired) electrons. The standard InChI is InChI=1S/C13H10F5NOS/c14-21(15,16,17,18)12-8-4-7-11(9-12)19-13(20)10-5-2-1-3-6-10/h1-9H,(H,19,20). The van der Waals surface area contributed by atoms with E-state index < -0.39 is 21.0 Å². The molecular weight excluding hydrogens is 313 g/mol. The minimum absolute atomic E-state index is 0.204. The van der Waals surface area contributed by atoms with Crippen LogP contribution in [0.25, 0.3) is 0 Å². The lowest BCUT2D eigenvalue weighted by atomic mass is 10.2. The van der Waals surface area contributed by atoms with Gasteiger partial charge in [-0.05, 0) is 30.3 Å². The van der Waals surface area contributed by atoms with E-state index in [1.54, 1.807) is 18.2 Å². The molecule has 0 saturated heterocycles. The molecule has 21 heavy (non-hydrogen) atoms. The van der Waals surface area contributed by atoms with E-state index in [-0.39, 0.29) is 23.4 Å². The van der Waals surface area contributed by atoms with Crippen LogP contribution < -0.4 is 5.32 Å². The van der Waals surface area contributed by atoms with Crippen LogP contribution in [0.2, 0.25) is 0 Å². The number of carbonyl (C=O) groups is 1. The van der Waals surface area contributed by atoms with Gasteiger partial charge in [0, 0.05) is 11.3 Å². The lowest BCUT2D eigenvalue weighted by Gasteiger charge is -2.40. The fourth-order valence-corrected chi connectivity index (χ4v) is 2.29. The molecule has 0 spiro atoms. The third-order valence-electron chi connectivity index (χ3n) is 2.57. The number of nitrogens with one attached hydrogen (secondary N) is 1. The van der Waals surface area contributed by atoms with Crippen LogP contribution in [0.1, 0.15) is 10.4 Å². The molecule has 0 aromatic heterocycles. The molecule has 2 rings (SSSR count). The fraction of sp³-hybridized carbons (Fsp3) is 0. The smallest absolute Gasteiger partial charge is 0.310 e. The monoisotopic (exact) mass is 323 g/mol. The summed E-state index contributed by atoms with van der Waals surface area (Å²) < 4.78 is 63.4. The molecule has 2 nitrogen and oxygen atoms in total. The van der Waals surface area contributed by atoms with Crippen molar-refractivity contribution in [1.82, 2.24) is 0 Å². The second-order valence-electron chi connectivity index (χ2n) is 4.32. The summed E-state index contributed by atoms with van der Waals surface area (Å²) in [5, 5.41) is 2.15. The summed E-state index contributed by atoms with van der Waals surface area (Å²) >= 11 is 0. The van der Waals surface area contributed by atoms with Gasteiger partial charge in [-0.25, -0.2) is 0 Å². The van der Waals surface area contributed by atoms with Gasteiger partial charge < -0.3 is 5.32 Å². The Kier molecular flexibility index (Phi) is 3.06. The van der Waals surface area contributed by atoms with Crippen molar-refractivity contribution >= 4 is 21.8 Å². The van der Waals surface area contributed by atoms with Crippen molar-refractivity contribution in [2.24, 2.45) is 0 Å². The molecule has 8 heteroatoms. The highest BCUT2D eigenvalue weighted by Crippen LogP contribution is 3.02. The van der Waals surface area contributed by atoms with Crippen LogP contribution in [-0.4, -0.2) is 5.91 Å². The van der Waals surface area contributed by atoms with Crippen molar-refractivity contribution in [2.75, 3.05) is 5.32 Å². The number of hydrogen-bond acceptors (Lipinski definition) is 1. The maximum Gasteiger partial charge on any atom is 0.310 e. The Morgan fingerprint density at radius 2 is 1.48 bits per heavy atom. The first-order chi connectivity index (χ1) is 9.45. The molecular formula is C13H10F5NOS. The third-order valence-corrected chi connectivity index (χ3v) is 3.72. The topological polar surface area (TPSA) is 29.1 Å². The normalized spacial score (nSPS) is 14.9. The molecule has 0 aliphatic heterocycles. The largest absolute Gasteiger partial charge is 0.322 e. The summed E-state index contributed by atoms with van der Waals surface area (Å²) in [7, 11) is -9.75. The molecule has 1 amide bonds. The van der Waals surface area contributed by atoms with Crippen molar-refractivity contribution in [3.63, 3.8) is 0 Å². The molecule has 0 fully saturated rings. The van der Waals surface area contributed by atoms with Gasteiger partial charge in [-0.2, -0.15) is 0 Å². The van der Waals surface area contributed by atoms with Gasteiger partial charge in [-0.15, -0.1) is 0 Å². The van der Waals surface area contributed by atoms with Gasteiger partial charge in [0.2, 0.25) is 0 Å². The molecule has 0 atom stereocenters. The van der Waals surface area contributed by atoms with E-state index in [9.17, 15) is 24.2 Å². The first kappa shape index (κ1) is 15.3. The van der Waals surface area contributed by atoms with Gasteiger partial charge in [0.25, 0.3) is 5.91 Å². The Bertz CT molecular complexity index is 685. The highest BCUT2D eigenvalue weighted by Gasteiger charge is 2.65. The molecule has 0 aliphatic carbocycles. The van der Waals surface area contributed by atoms with E-state index >= 15 is 0 Å². The lowest BCUT2D eigenvalue weighted by Crippen LogP contribution is -2.13. The minimum atomic E-state index is -9.75. The third kappa shape index (κ3) is 3.94. The van der Waals surface area contributed by atoms with Crippen LogP contribution in [-0.2, 0) is 0 Å². The van der Waals surface area contributed by atoms with E-state index in [1.165, 1.54) is 12.1 Å². The fourth-order valence-electron chi connectivity index (χ4n) is 1.61. The van der Waals surface area contributed by atoms with E-state index in [0.717, 1.165) is 12.1 Å². The highest BCUT2D eigenvalue weighted by atomic mass is 32.5. The number of anilines is 1. The predicted molar refractivity (Wildman–Crippen MR) is 72.2 cm³/mol. The Balaban J connectivity index is 2.30. The van der Waals surface area contributed by atoms with Gasteiger partial charge in [0.1, 0.15) is 4.90 Å². The van der Waals surface area contributed by atoms with Gasteiger partial charge in [0.15, 0.2) is 0 Å². The summed E-state index contributed by atoms with van der Waals surface area (Å²) in [5.74, 6) is -0.685. The van der Waals surface area contributed by atoms with Crippen LogP contribution in [0, 0.1) is 0 Å². The summed E-state index contributed by atoms with van der Waals surface area (Å²) in [6.07, 6.45) is 0. The van der Waals surface area contributed by atoms with Crippen LogP contribution >= 0.6 is 10.2 Å². The van der Waals surface area contributed by atoms with Gasteiger partial charge in [0.05, 0.1) is 0 Å². The maximum atomic E-state index is 12.7. The van der Waals surface area contributed by atoms with E-state index in [2.05, 4.69) is 5.32 Å². The zero-order valence-electron chi connectivity index (χ0n) is 10.4. The van der Waals surface area contributed by atoms with Crippen LogP contribution in [0.15, 0.2) is 59.5 Å². The predicted octanol–water partition coefficient (Wildman–Crippen LogP) is 5.60. The van der Waals surface area contributed by atoms with Crippen molar-refractivity contribution < 1.29 is 24.2 Å². The van der Waals surface area contributed by atoms with Crippen molar-refractivity contribution in [3.05, 3.63) is 60.2 Å². The van der Waals surface area contributed by atoms with E-state index in [1.807, 2.05) is 0 Å². The van der Waals surface area contributed by atoms with Crippen molar-refractivity contribution in [1.29, 1.82) is 0 Å². The van der Waals surface area contributed by atoms with E-state index in [4.69, 9.17) is 0 Å². The van der Waals surface area contributed by atoms with Gasteiger partial charge >= 0.3 is 10.2 Å². The zero-order valence-corrected chi connectivity index (χ0v) is 11.2. The molecule has 0 bridgehead atoms. The molecule has 114 valence electrons. The average Bonchev–Trinajstić information content (AvgIpc) is 2.37. The number of carbonyl (C=O) groups excluding carboxylic acids is 1. The minimum Gasteiger partial charge on any atom is -0.322 e. The SMILES string of the molecule is O=C(Nc1cccc(S(F)(F)(F)(F)F)c1)c1ccccc1. The van der Waals surface area contributed by atoms with Crippen LogP contribution in [0.3, 0.4) is 0 Å². The zero-order chi connectivity index (χ0) is 15.8. The highest BCUT2D eigenvalue weighted by molar-refractivity contribution is 8.45. The van der Waals surface area contributed by atoms with Crippen molar-refractivity contribution in [2.45, 2.75) is 4.90 Å². The number of hydrogen-bond donors (Lipinski definition) is 1. The summed E-state index contributed by atoms with van der Waals surface area (Å²) in [5.41, 5.74) is -0.148. The summed E-state index contributed by atoms with van der Waals surface area (Å²) in [6.45, 7) is 0. The number of rotatable bonds is 3. The second kappa shape index (κ2) is 4.20. The molecule has 1 N–H and O–H groups in total. The number of benzene rings is 2. The second-order valence-corrected chi connectivity index (χ2v) is 6.73. The van der Waals surface area contributed by atoms with E-state index in [0.29, 0.717) is 0 Å². The Morgan fingerprint density at radius 1 is 0.857 bits per heavy atom. The number of amides is 1. The maximum absolute atomic E-state index is 12.7. The molecule has 0 heterocycles. The molecule has 2 aromatic rings. The van der Waals surface area contributed by atoms with Crippen LogP contribution in [0.4, 0.5) is 25.1 Å². The summed E-state index contributed by atoms with van der Waals surface area (Å²) in [6, 6.07) is 10.1. The molecule has 2 aromatic carbocycles. The summed E-state index contributed by atoms with van der Waals surface area (Å²) in [4.78, 5) is 9.72. The Morgan fingerprint density at radius 3 is 2.05 bits per heavy atom. The molecule has 0 saturated carbocycles. The quantitative estimate of drug-likeness (QED) is 0.732. The molecule has 0 aliphatic rings. The lowest BCUT2D eigenvalue weighted by molar-refractivity contribution is 0.102. The Hall–Kier alpha value is -2.09. The molecule has 0 unspecified atom stereocenters. The van der Waals surface area contributed by atoms with Crippen molar-refractivity contribution in [3.8, 4) is 0 Å². The number of halogens is 5. The van der Waals surface area contributed by atoms with Gasteiger partial charge in [-0.1, -0.05) is 43.7 Å². The first-order valence-electron chi connectivity index (χ1n) is 5.66. The average molecular weight is 323 g/mol. The first-order valence-corrected chi connectivity index (χ1v) is 7.61.